The highest BCUT2D eigenvalue weighted by atomic mass is 35.5. The second kappa shape index (κ2) is 13.5. The van der Waals surface area contributed by atoms with E-state index in [1.54, 1.807) is 12.3 Å². The van der Waals surface area contributed by atoms with Crippen molar-refractivity contribution in [3.8, 4) is 0 Å². The fourth-order valence-electron chi connectivity index (χ4n) is 3.02. The Labute approximate surface area is 227 Å². The number of nitrogens with two attached hydrogens (primary N) is 1. The number of halogens is 1. The van der Waals surface area contributed by atoms with Gasteiger partial charge in [0.15, 0.2) is 10.8 Å². The highest BCUT2D eigenvalue weighted by Gasteiger charge is 2.50. The number of hydrogen-bond donors (Lipinski definition) is 2. The lowest BCUT2D eigenvalue weighted by Crippen LogP contribution is -2.69. The summed E-state index contributed by atoms with van der Waals surface area (Å²) in [5, 5.41) is 8.00. The van der Waals surface area contributed by atoms with Crippen LogP contribution < -0.4 is 11.1 Å². The van der Waals surface area contributed by atoms with Gasteiger partial charge in [-0.1, -0.05) is 19.0 Å². The molecule has 3 rings (SSSR count). The molecule has 0 saturated carbocycles. The van der Waals surface area contributed by atoms with Crippen LogP contribution in [0.15, 0.2) is 22.3 Å². The summed E-state index contributed by atoms with van der Waals surface area (Å²) >= 11 is 2.41. The maximum Gasteiger partial charge on any atom is 0.511 e. The van der Waals surface area contributed by atoms with Gasteiger partial charge in [0.2, 0.25) is 6.29 Å². The lowest BCUT2D eigenvalue weighted by molar-refractivity contribution is -0.163. The van der Waals surface area contributed by atoms with Gasteiger partial charge in [0, 0.05) is 24.3 Å². The van der Waals surface area contributed by atoms with Gasteiger partial charge >= 0.3 is 12.1 Å². The first kappa shape index (κ1) is 30.2. The summed E-state index contributed by atoms with van der Waals surface area (Å²) in [6.07, 6.45) is -0.762. The van der Waals surface area contributed by atoms with E-state index in [0.29, 0.717) is 0 Å². The molecule has 1 aromatic rings. The number of oxime groups is 1. The Morgan fingerprint density at radius 2 is 2.03 bits per heavy atom. The summed E-state index contributed by atoms with van der Waals surface area (Å²) in [6, 6.07) is -0.839. The van der Waals surface area contributed by atoms with Gasteiger partial charge in [0.25, 0.3) is 11.8 Å². The molecule has 2 unspecified atom stereocenters. The number of nitrogens with zero attached hydrogens (tertiary/aromatic N) is 3. The van der Waals surface area contributed by atoms with Crippen molar-refractivity contribution >= 4 is 70.3 Å². The van der Waals surface area contributed by atoms with E-state index >= 15 is 0 Å². The van der Waals surface area contributed by atoms with E-state index < -0.39 is 41.6 Å². The maximum atomic E-state index is 13.0. The number of anilines is 1. The minimum atomic E-state index is -1.17. The Morgan fingerprint density at radius 1 is 1.30 bits per heavy atom. The van der Waals surface area contributed by atoms with E-state index in [1.165, 1.54) is 29.8 Å². The Kier molecular flexibility index (Phi) is 11.0. The van der Waals surface area contributed by atoms with Crippen molar-refractivity contribution in [1.29, 1.82) is 0 Å². The molecular formula is C21H28ClN5O8S2. The smallest absolute Gasteiger partial charge is 0.435 e. The number of nitrogen functional groups attached to an aromatic ring is 1. The molecule has 0 aromatic carbocycles. The molecule has 3 heterocycles. The van der Waals surface area contributed by atoms with Gasteiger partial charge in [-0.05, 0) is 12.8 Å². The number of carbonyl (C=O) groups is 4. The first-order chi connectivity index (χ1) is 17.1. The zero-order valence-corrected chi connectivity index (χ0v) is 22.9. The summed E-state index contributed by atoms with van der Waals surface area (Å²) in [5.74, 6) is -1.39. The molecular weight excluding hydrogens is 550 g/mol. The molecule has 3 atom stereocenters. The van der Waals surface area contributed by atoms with E-state index in [0.717, 1.165) is 11.3 Å². The zero-order chi connectivity index (χ0) is 26.4. The van der Waals surface area contributed by atoms with Crippen LogP contribution in [0, 0.1) is 5.92 Å². The third-order valence-electron chi connectivity index (χ3n) is 4.67. The third kappa shape index (κ3) is 7.72. The molecule has 0 radical (unpaired) electrons. The number of hydrogen-bond acceptors (Lipinski definition) is 13. The topological polar surface area (TPSA) is 172 Å². The van der Waals surface area contributed by atoms with Crippen LogP contribution in [-0.4, -0.2) is 76.2 Å². The predicted octanol–water partition coefficient (Wildman–Crippen LogP) is 1.87. The second-order valence-electron chi connectivity index (χ2n) is 8.03. The SMILES string of the molecule is CCOC(=O)OC(C)OC(=O)C1=CN2C(=O)C(NC(=O)C(=NOCC(C)C)c3csc(N)n3)[C@H]2SC1.Cl. The van der Waals surface area contributed by atoms with Crippen molar-refractivity contribution in [2.75, 3.05) is 24.7 Å². The molecule has 37 heavy (non-hydrogen) atoms. The summed E-state index contributed by atoms with van der Waals surface area (Å²) in [4.78, 5) is 60.1. The molecule has 1 fully saturated rings. The van der Waals surface area contributed by atoms with Crippen LogP contribution in [0.5, 0.6) is 0 Å². The van der Waals surface area contributed by atoms with Crippen LogP contribution in [0.1, 0.15) is 33.4 Å². The average molecular weight is 578 g/mol. The van der Waals surface area contributed by atoms with Crippen LogP contribution in [0.25, 0.3) is 0 Å². The molecule has 0 bridgehead atoms. The van der Waals surface area contributed by atoms with E-state index in [4.69, 9.17) is 20.0 Å². The van der Waals surface area contributed by atoms with Gasteiger partial charge in [-0.15, -0.1) is 35.5 Å². The molecule has 1 aromatic heterocycles. The zero-order valence-electron chi connectivity index (χ0n) is 20.5. The van der Waals surface area contributed by atoms with Crippen molar-refractivity contribution in [3.63, 3.8) is 0 Å². The largest absolute Gasteiger partial charge is 0.511 e. The fraction of sp³-hybridized carbons (Fsp3) is 0.524. The van der Waals surface area contributed by atoms with Gasteiger partial charge in [-0.25, -0.2) is 14.6 Å². The highest BCUT2D eigenvalue weighted by Crippen LogP contribution is 2.36. The Hall–Kier alpha value is -3.04. The quantitative estimate of drug-likeness (QED) is 0.137. The molecule has 13 nitrogen and oxygen atoms in total. The standard InChI is InChI=1S/C21H27N5O8S2.ClH/c1-5-31-21(30)34-11(4)33-19(29)12-6-26-17(28)15(18(26)35-8-12)24-16(27)14(25-32-7-10(2)3)13-9-36-20(22)23-13;/h6,9-11,15,18H,5,7-8H2,1-4H3,(H2,22,23)(H,24,27);1H/t11?,15?,18-;/m1./s1. The molecule has 2 aliphatic heterocycles. The Bertz CT molecular complexity index is 1080. The van der Waals surface area contributed by atoms with E-state index in [1.807, 2.05) is 13.8 Å². The monoisotopic (exact) mass is 577 g/mol. The Morgan fingerprint density at radius 3 is 2.65 bits per heavy atom. The lowest BCUT2D eigenvalue weighted by Gasteiger charge is -2.47. The number of carbonyl (C=O) groups excluding carboxylic acids is 4. The number of nitrogens with one attached hydrogen (secondary N) is 1. The van der Waals surface area contributed by atoms with Crippen molar-refractivity contribution in [3.05, 3.63) is 22.8 Å². The van der Waals surface area contributed by atoms with E-state index in [-0.39, 0.29) is 59.4 Å². The van der Waals surface area contributed by atoms with E-state index in [2.05, 4.69) is 20.2 Å². The van der Waals surface area contributed by atoms with Crippen LogP contribution in [0.2, 0.25) is 0 Å². The normalized spacial score (nSPS) is 19.5. The molecule has 3 N–H and O–H groups in total. The molecule has 1 saturated heterocycles. The van der Waals surface area contributed by atoms with Gasteiger partial charge in [-0.2, -0.15) is 0 Å². The number of thiazole rings is 1. The number of amides is 2. The van der Waals surface area contributed by atoms with Crippen molar-refractivity contribution in [2.45, 2.75) is 45.4 Å². The number of thioether (sulfide) groups is 1. The fourth-order valence-corrected chi connectivity index (χ4v) is 4.82. The second-order valence-corrected chi connectivity index (χ2v) is 10.0. The number of rotatable bonds is 10. The molecule has 2 aliphatic rings. The lowest BCUT2D eigenvalue weighted by atomic mass is 10.1. The third-order valence-corrected chi connectivity index (χ3v) is 6.67. The number of ether oxygens (including phenoxy) is 3. The summed E-state index contributed by atoms with van der Waals surface area (Å²) in [7, 11) is 0. The minimum absolute atomic E-state index is 0. The molecule has 204 valence electrons. The van der Waals surface area contributed by atoms with Gasteiger partial charge in [0.1, 0.15) is 23.7 Å². The minimum Gasteiger partial charge on any atom is -0.435 e. The van der Waals surface area contributed by atoms with Crippen molar-refractivity contribution in [2.24, 2.45) is 11.1 Å². The van der Waals surface area contributed by atoms with Gasteiger partial charge < -0.3 is 35.0 Å². The first-order valence-corrected chi connectivity index (χ1v) is 12.9. The molecule has 0 spiro atoms. The number of aromatic nitrogens is 1. The highest BCUT2D eigenvalue weighted by molar-refractivity contribution is 8.00. The summed E-state index contributed by atoms with van der Waals surface area (Å²) in [6.45, 7) is 7.26. The van der Waals surface area contributed by atoms with Crippen molar-refractivity contribution < 1.29 is 38.2 Å². The van der Waals surface area contributed by atoms with Crippen LogP contribution in [0.3, 0.4) is 0 Å². The van der Waals surface area contributed by atoms with Crippen molar-refractivity contribution in [1.82, 2.24) is 15.2 Å². The van der Waals surface area contributed by atoms with Crippen LogP contribution in [0.4, 0.5) is 9.93 Å². The van der Waals surface area contributed by atoms with Crippen LogP contribution in [-0.2, 0) is 33.4 Å². The number of esters is 1. The average Bonchev–Trinajstić information content (AvgIpc) is 3.25. The summed E-state index contributed by atoms with van der Waals surface area (Å²) in [5.41, 5.74) is 6.04. The van der Waals surface area contributed by atoms with Crippen LogP contribution >= 0.6 is 35.5 Å². The van der Waals surface area contributed by atoms with E-state index in [9.17, 15) is 19.2 Å². The van der Waals surface area contributed by atoms with Gasteiger partial charge in [-0.3, -0.25) is 9.59 Å². The summed E-state index contributed by atoms with van der Waals surface area (Å²) < 4.78 is 14.5. The predicted molar refractivity (Wildman–Crippen MR) is 138 cm³/mol. The molecule has 0 aliphatic carbocycles. The molecule has 16 heteroatoms. The maximum absolute atomic E-state index is 13.0. The Balaban J connectivity index is 0.00000481. The number of β-lactam (4-membered cyclic amide) rings is 1. The molecule has 2 amide bonds. The van der Waals surface area contributed by atoms with Gasteiger partial charge in [0.05, 0.1) is 12.2 Å². The first-order valence-electron chi connectivity index (χ1n) is 11.0. The number of fused-ring (bicyclic) bond motifs is 1.